The van der Waals surface area contributed by atoms with E-state index >= 15 is 0 Å². The Bertz CT molecular complexity index is 1210. The molecule has 1 aromatic heterocycles. The zero-order valence-electron chi connectivity index (χ0n) is 20.0. The molecule has 0 saturated carbocycles. The summed E-state index contributed by atoms with van der Waals surface area (Å²) < 4.78 is 0. The number of piperazine rings is 1. The maximum atomic E-state index is 13.2. The van der Waals surface area contributed by atoms with Crippen molar-refractivity contribution in [3.05, 3.63) is 95.3 Å². The minimum Gasteiger partial charge on any atom is -0.397 e. The number of aliphatic hydroxyl groups is 1. The van der Waals surface area contributed by atoms with Crippen molar-refractivity contribution in [1.29, 1.82) is 5.26 Å². The van der Waals surface area contributed by atoms with Crippen LogP contribution in [0.15, 0.2) is 73.1 Å². The summed E-state index contributed by atoms with van der Waals surface area (Å²) in [5.41, 5.74) is 8.90. The number of nitrogens with zero attached hydrogens (tertiary/aromatic N) is 4. The molecule has 35 heavy (non-hydrogen) atoms. The minimum atomic E-state index is -0.551. The van der Waals surface area contributed by atoms with Crippen LogP contribution in [0.25, 0.3) is 0 Å². The molecular formula is C28H31N5O2. The Labute approximate surface area is 206 Å². The van der Waals surface area contributed by atoms with Crippen LogP contribution in [-0.4, -0.2) is 58.1 Å². The first-order valence-corrected chi connectivity index (χ1v) is 12.0. The van der Waals surface area contributed by atoms with Crippen LogP contribution in [0.3, 0.4) is 0 Å². The molecule has 1 fully saturated rings. The molecule has 0 bridgehead atoms. The van der Waals surface area contributed by atoms with Crippen LogP contribution in [-0.2, 0) is 5.54 Å². The van der Waals surface area contributed by atoms with Gasteiger partial charge in [0.2, 0.25) is 0 Å². The second kappa shape index (κ2) is 10.7. The van der Waals surface area contributed by atoms with Gasteiger partial charge in [-0.2, -0.15) is 5.26 Å². The number of carbonyl (C=O) groups is 1. The summed E-state index contributed by atoms with van der Waals surface area (Å²) in [4.78, 5) is 21.4. The third-order valence-corrected chi connectivity index (χ3v) is 6.81. The molecule has 7 nitrogen and oxygen atoms in total. The molecule has 0 spiro atoms. The molecule has 1 saturated heterocycles. The van der Waals surface area contributed by atoms with Crippen LogP contribution in [0, 0.1) is 11.3 Å². The van der Waals surface area contributed by atoms with E-state index in [2.05, 4.69) is 41.1 Å². The van der Waals surface area contributed by atoms with E-state index in [4.69, 9.17) is 5.73 Å². The lowest BCUT2D eigenvalue weighted by molar-refractivity contribution is -0.0201. The average molecular weight is 470 g/mol. The Balaban J connectivity index is 1.76. The number of carbonyl (C=O) groups excluding carboxylic acids is 1. The van der Waals surface area contributed by atoms with Gasteiger partial charge in [-0.15, -0.1) is 0 Å². The van der Waals surface area contributed by atoms with E-state index in [1.807, 2.05) is 36.4 Å². The Morgan fingerprint density at radius 1 is 1.14 bits per heavy atom. The average Bonchev–Trinajstić information content (AvgIpc) is 2.91. The van der Waals surface area contributed by atoms with Crippen molar-refractivity contribution in [1.82, 2.24) is 14.8 Å². The molecule has 180 valence electrons. The van der Waals surface area contributed by atoms with Crippen LogP contribution in [0.5, 0.6) is 0 Å². The van der Waals surface area contributed by atoms with Crippen molar-refractivity contribution in [2.75, 3.05) is 32.0 Å². The van der Waals surface area contributed by atoms with E-state index in [1.165, 1.54) is 12.4 Å². The predicted octanol–water partition coefficient (Wildman–Crippen LogP) is 3.40. The fourth-order valence-corrected chi connectivity index (χ4v) is 5.31. The fraction of sp³-hybridized carbons (Fsp3) is 0.321. The molecule has 3 aromatic rings. The quantitative estimate of drug-likeness (QED) is 0.549. The number of benzene rings is 2. The van der Waals surface area contributed by atoms with E-state index in [-0.39, 0.29) is 18.6 Å². The smallest absolute Gasteiger partial charge is 0.255 e. The number of rotatable bonds is 7. The summed E-state index contributed by atoms with van der Waals surface area (Å²) in [6.45, 7) is 3.49. The van der Waals surface area contributed by atoms with E-state index in [9.17, 15) is 15.2 Å². The molecule has 4 rings (SSSR count). The molecule has 3 N–H and O–H groups in total. The normalized spacial score (nSPS) is 18.0. The van der Waals surface area contributed by atoms with Gasteiger partial charge in [0.1, 0.15) is 0 Å². The second-order valence-corrected chi connectivity index (χ2v) is 8.96. The first kappa shape index (κ1) is 24.4. The summed E-state index contributed by atoms with van der Waals surface area (Å²) in [6, 6.07) is 21.6. The fourth-order valence-electron chi connectivity index (χ4n) is 5.31. The minimum absolute atomic E-state index is 0.102. The van der Waals surface area contributed by atoms with Crippen LogP contribution < -0.4 is 5.73 Å². The Kier molecular flexibility index (Phi) is 7.45. The first-order chi connectivity index (χ1) is 17.0. The number of hydrogen-bond acceptors (Lipinski definition) is 6. The predicted molar refractivity (Wildman–Crippen MR) is 135 cm³/mol. The van der Waals surface area contributed by atoms with Crippen molar-refractivity contribution < 1.29 is 9.90 Å². The lowest BCUT2D eigenvalue weighted by atomic mass is 9.76. The van der Waals surface area contributed by atoms with Crippen molar-refractivity contribution in [2.24, 2.45) is 0 Å². The van der Waals surface area contributed by atoms with Gasteiger partial charge in [-0.25, -0.2) is 0 Å². The summed E-state index contributed by atoms with van der Waals surface area (Å²) in [5, 5.41) is 20.1. The number of hydrogen-bond donors (Lipinski definition) is 2. The standard InChI is InChI=1S/C28H31N5O2/c1-2-11-28(23-8-4-3-5-9-23,24-10-6-7-21(14-24)16-29)33-13-12-32(19-26(33)20-34)27(35)22-15-25(30)18-31-17-22/h3-10,14-15,17-18,26,34H,2,11-13,19-20,30H2,1H3/t26-,28?/m0/s1. The van der Waals surface area contributed by atoms with Crippen molar-refractivity contribution in [2.45, 2.75) is 31.3 Å². The lowest BCUT2D eigenvalue weighted by Gasteiger charge is -2.52. The van der Waals surface area contributed by atoms with Gasteiger partial charge in [0, 0.05) is 32.0 Å². The molecule has 0 aliphatic carbocycles. The second-order valence-electron chi connectivity index (χ2n) is 8.96. The van der Waals surface area contributed by atoms with Crippen molar-refractivity contribution >= 4 is 11.6 Å². The zero-order valence-corrected chi connectivity index (χ0v) is 20.0. The number of pyridine rings is 1. The van der Waals surface area contributed by atoms with Gasteiger partial charge in [0.15, 0.2) is 0 Å². The highest BCUT2D eigenvalue weighted by Gasteiger charge is 2.45. The molecule has 1 aliphatic heterocycles. The highest BCUT2D eigenvalue weighted by atomic mass is 16.3. The Morgan fingerprint density at radius 3 is 2.60 bits per heavy atom. The number of anilines is 1. The molecule has 7 heteroatoms. The maximum Gasteiger partial charge on any atom is 0.255 e. The van der Waals surface area contributed by atoms with Crippen molar-refractivity contribution in [3.8, 4) is 6.07 Å². The van der Waals surface area contributed by atoms with Crippen LogP contribution in [0.4, 0.5) is 5.69 Å². The third kappa shape index (κ3) is 4.76. The Morgan fingerprint density at radius 2 is 1.91 bits per heavy atom. The summed E-state index contributed by atoms with van der Waals surface area (Å²) >= 11 is 0. The summed E-state index contributed by atoms with van der Waals surface area (Å²) in [5.74, 6) is -0.143. The molecule has 2 aromatic carbocycles. The number of nitrogens with two attached hydrogens (primary N) is 1. The number of amides is 1. The Hall–Kier alpha value is -3.73. The summed E-state index contributed by atoms with van der Waals surface area (Å²) in [7, 11) is 0. The number of nitrogen functional groups attached to an aromatic ring is 1. The number of nitriles is 1. The highest BCUT2D eigenvalue weighted by molar-refractivity contribution is 5.94. The number of aliphatic hydroxyl groups excluding tert-OH is 1. The van der Waals surface area contributed by atoms with E-state index in [0.717, 1.165) is 24.0 Å². The van der Waals surface area contributed by atoms with Gasteiger partial charge in [0.05, 0.1) is 41.1 Å². The SMILES string of the molecule is CCCC(c1ccccc1)(c1cccc(C#N)c1)N1CCN(C(=O)c2cncc(N)c2)C[C@H]1CO. The molecule has 1 aliphatic rings. The van der Waals surface area contributed by atoms with Crippen LogP contribution in [0.2, 0.25) is 0 Å². The number of aromatic nitrogens is 1. The first-order valence-electron chi connectivity index (χ1n) is 12.0. The molecular weight excluding hydrogens is 438 g/mol. The van der Waals surface area contributed by atoms with Gasteiger partial charge in [-0.05, 0) is 35.7 Å². The zero-order chi connectivity index (χ0) is 24.8. The van der Waals surface area contributed by atoms with Gasteiger partial charge in [-0.1, -0.05) is 55.8 Å². The van der Waals surface area contributed by atoms with Gasteiger partial charge in [-0.3, -0.25) is 14.7 Å². The molecule has 1 unspecified atom stereocenters. The highest BCUT2D eigenvalue weighted by Crippen LogP contribution is 2.42. The third-order valence-electron chi connectivity index (χ3n) is 6.81. The molecule has 2 heterocycles. The maximum absolute atomic E-state index is 13.2. The van der Waals surface area contributed by atoms with Gasteiger partial charge in [0.25, 0.3) is 5.91 Å². The van der Waals surface area contributed by atoms with E-state index < -0.39 is 5.54 Å². The van der Waals surface area contributed by atoms with E-state index in [1.54, 1.807) is 11.0 Å². The largest absolute Gasteiger partial charge is 0.397 e. The topological polar surface area (TPSA) is 106 Å². The molecule has 0 radical (unpaired) electrons. The van der Waals surface area contributed by atoms with E-state index in [0.29, 0.717) is 36.4 Å². The van der Waals surface area contributed by atoms with Gasteiger partial charge < -0.3 is 15.7 Å². The van der Waals surface area contributed by atoms with Crippen LogP contribution in [0.1, 0.15) is 46.8 Å². The summed E-state index contributed by atoms with van der Waals surface area (Å²) in [6.07, 6.45) is 4.74. The van der Waals surface area contributed by atoms with Crippen molar-refractivity contribution in [3.63, 3.8) is 0 Å². The molecule has 1 amide bonds. The van der Waals surface area contributed by atoms with Gasteiger partial charge >= 0.3 is 0 Å². The molecule has 2 atom stereocenters. The van der Waals surface area contributed by atoms with Crippen LogP contribution >= 0.6 is 0 Å². The monoisotopic (exact) mass is 469 g/mol. The lowest BCUT2D eigenvalue weighted by Crippen LogP contribution is -2.63.